The molecule has 1 amide bonds. The van der Waals surface area contributed by atoms with Crippen molar-refractivity contribution < 1.29 is 4.79 Å². The molecule has 0 unspecified atom stereocenters. The summed E-state index contributed by atoms with van der Waals surface area (Å²) >= 11 is 7.68. The highest BCUT2D eigenvalue weighted by molar-refractivity contribution is 7.99. The first-order valence-electron chi connectivity index (χ1n) is 8.76. The monoisotopic (exact) mass is 411 g/mol. The van der Waals surface area contributed by atoms with Crippen LogP contribution in [0.5, 0.6) is 0 Å². The first-order chi connectivity index (χ1) is 13.6. The molecule has 0 saturated heterocycles. The number of imidazole rings is 1. The Balaban J connectivity index is 1.38. The number of pyridine rings is 1. The minimum absolute atomic E-state index is 0.192. The minimum Gasteiger partial charge on any atom is -0.361 e. The van der Waals surface area contributed by atoms with Gasteiger partial charge in [-0.05, 0) is 35.9 Å². The van der Waals surface area contributed by atoms with Crippen molar-refractivity contribution in [2.75, 3.05) is 6.54 Å². The molecule has 8 heteroatoms. The fraction of sp³-hybridized carbons (Fsp3) is 0.150. The van der Waals surface area contributed by atoms with Crippen LogP contribution in [0.15, 0.2) is 65.3 Å². The molecule has 1 aromatic carbocycles. The van der Waals surface area contributed by atoms with Crippen LogP contribution in [0.4, 0.5) is 0 Å². The first kappa shape index (κ1) is 18.6. The van der Waals surface area contributed by atoms with E-state index in [1.54, 1.807) is 12.3 Å². The van der Waals surface area contributed by atoms with E-state index in [0.717, 1.165) is 17.1 Å². The third kappa shape index (κ3) is 3.90. The summed E-state index contributed by atoms with van der Waals surface area (Å²) in [7, 11) is 1.90. The van der Waals surface area contributed by atoms with Crippen LogP contribution in [0.2, 0.25) is 5.02 Å². The molecule has 0 aliphatic rings. The SMILES string of the molecule is Cn1ccnc1Sc1ncc(C(=O)NCCc2c[nH]c3ccccc23)cc1Cl. The number of nitrogens with zero attached hydrogens (tertiary/aromatic N) is 3. The summed E-state index contributed by atoms with van der Waals surface area (Å²) in [6.07, 6.45) is 7.83. The molecule has 0 fully saturated rings. The average Bonchev–Trinajstić information content (AvgIpc) is 3.30. The number of halogens is 1. The predicted molar refractivity (Wildman–Crippen MR) is 111 cm³/mol. The van der Waals surface area contributed by atoms with E-state index in [-0.39, 0.29) is 5.91 Å². The highest BCUT2D eigenvalue weighted by Gasteiger charge is 2.13. The molecule has 0 aliphatic carbocycles. The maximum Gasteiger partial charge on any atom is 0.252 e. The number of aromatic nitrogens is 4. The number of rotatable bonds is 6. The first-order valence-corrected chi connectivity index (χ1v) is 9.95. The maximum absolute atomic E-state index is 12.4. The smallest absolute Gasteiger partial charge is 0.252 e. The number of aromatic amines is 1. The molecular formula is C20H18ClN5OS. The zero-order valence-electron chi connectivity index (χ0n) is 15.1. The summed E-state index contributed by atoms with van der Waals surface area (Å²) in [6, 6.07) is 9.76. The summed E-state index contributed by atoms with van der Waals surface area (Å²) in [5.74, 6) is -0.192. The van der Waals surface area contributed by atoms with Crippen LogP contribution in [-0.4, -0.2) is 32.0 Å². The fourth-order valence-corrected chi connectivity index (χ4v) is 3.95. The summed E-state index contributed by atoms with van der Waals surface area (Å²) in [5, 5.41) is 5.93. The summed E-state index contributed by atoms with van der Waals surface area (Å²) in [5.41, 5.74) is 2.71. The van der Waals surface area contributed by atoms with Crippen molar-refractivity contribution in [2.45, 2.75) is 16.6 Å². The largest absolute Gasteiger partial charge is 0.361 e. The number of carbonyl (C=O) groups is 1. The average molecular weight is 412 g/mol. The Bertz CT molecular complexity index is 1140. The lowest BCUT2D eigenvalue weighted by Gasteiger charge is -2.07. The van der Waals surface area contributed by atoms with Crippen molar-refractivity contribution in [1.29, 1.82) is 0 Å². The lowest BCUT2D eigenvalue weighted by molar-refractivity contribution is 0.0953. The second-order valence-electron chi connectivity index (χ2n) is 6.30. The third-order valence-electron chi connectivity index (χ3n) is 4.39. The Morgan fingerprint density at radius 3 is 2.96 bits per heavy atom. The van der Waals surface area contributed by atoms with Gasteiger partial charge in [0, 0.05) is 49.3 Å². The van der Waals surface area contributed by atoms with E-state index in [4.69, 9.17) is 11.6 Å². The molecule has 4 aromatic rings. The van der Waals surface area contributed by atoms with Gasteiger partial charge in [0.25, 0.3) is 5.91 Å². The lowest BCUT2D eigenvalue weighted by Crippen LogP contribution is -2.25. The van der Waals surface area contributed by atoms with Crippen molar-refractivity contribution in [1.82, 2.24) is 24.8 Å². The van der Waals surface area contributed by atoms with E-state index >= 15 is 0 Å². The minimum atomic E-state index is -0.192. The molecule has 3 heterocycles. The molecule has 2 N–H and O–H groups in total. The van der Waals surface area contributed by atoms with Crippen LogP contribution in [0.25, 0.3) is 10.9 Å². The van der Waals surface area contributed by atoms with Crippen LogP contribution >= 0.6 is 23.4 Å². The predicted octanol–water partition coefficient (Wildman–Crippen LogP) is 4.07. The van der Waals surface area contributed by atoms with Crippen LogP contribution < -0.4 is 5.32 Å². The topological polar surface area (TPSA) is 75.6 Å². The Hall–Kier alpha value is -2.77. The van der Waals surface area contributed by atoms with E-state index in [9.17, 15) is 4.79 Å². The van der Waals surface area contributed by atoms with Gasteiger partial charge in [-0.1, -0.05) is 29.8 Å². The molecule has 6 nitrogen and oxygen atoms in total. The number of H-pyrrole nitrogens is 1. The van der Waals surface area contributed by atoms with Gasteiger partial charge in [0.05, 0.1) is 10.6 Å². The summed E-state index contributed by atoms with van der Waals surface area (Å²) in [4.78, 5) is 24.2. The zero-order chi connectivity index (χ0) is 19.5. The number of benzene rings is 1. The van der Waals surface area contributed by atoms with Crippen molar-refractivity contribution in [3.05, 3.63) is 71.3 Å². The molecule has 28 heavy (non-hydrogen) atoms. The highest BCUT2D eigenvalue weighted by atomic mass is 35.5. The number of para-hydroxylation sites is 1. The Morgan fingerprint density at radius 2 is 2.18 bits per heavy atom. The van der Waals surface area contributed by atoms with Gasteiger partial charge in [0.1, 0.15) is 5.03 Å². The molecule has 0 spiro atoms. The number of nitrogens with one attached hydrogen (secondary N) is 2. The van der Waals surface area contributed by atoms with Crippen molar-refractivity contribution in [3.63, 3.8) is 0 Å². The normalized spacial score (nSPS) is 11.1. The molecule has 4 rings (SSSR count). The molecule has 0 radical (unpaired) electrons. The summed E-state index contributed by atoms with van der Waals surface area (Å²) in [6.45, 7) is 0.530. The van der Waals surface area contributed by atoms with E-state index in [1.165, 1.54) is 28.9 Å². The third-order valence-corrected chi connectivity index (χ3v) is 5.88. The number of amides is 1. The second kappa shape index (κ2) is 8.08. The van der Waals surface area contributed by atoms with Crippen molar-refractivity contribution in [2.24, 2.45) is 7.05 Å². The van der Waals surface area contributed by atoms with Gasteiger partial charge in [0.2, 0.25) is 0 Å². The van der Waals surface area contributed by atoms with E-state index < -0.39 is 0 Å². The van der Waals surface area contributed by atoms with Crippen molar-refractivity contribution in [3.8, 4) is 0 Å². The molecular weight excluding hydrogens is 394 g/mol. The highest BCUT2D eigenvalue weighted by Crippen LogP contribution is 2.30. The number of hydrogen-bond acceptors (Lipinski definition) is 4. The molecule has 3 aromatic heterocycles. The molecule has 0 bridgehead atoms. The molecule has 0 saturated carbocycles. The Kier molecular flexibility index (Phi) is 5.36. The Morgan fingerprint density at radius 1 is 1.32 bits per heavy atom. The zero-order valence-corrected chi connectivity index (χ0v) is 16.7. The van der Waals surface area contributed by atoms with Gasteiger partial charge < -0.3 is 14.9 Å². The number of fused-ring (bicyclic) bond motifs is 1. The van der Waals surface area contributed by atoms with Crippen LogP contribution in [0, 0.1) is 0 Å². The quantitative estimate of drug-likeness (QED) is 0.501. The van der Waals surface area contributed by atoms with Gasteiger partial charge in [-0.2, -0.15) is 0 Å². The van der Waals surface area contributed by atoms with Gasteiger partial charge >= 0.3 is 0 Å². The molecule has 0 atom stereocenters. The van der Waals surface area contributed by atoms with Gasteiger partial charge in [0.15, 0.2) is 5.16 Å². The maximum atomic E-state index is 12.4. The van der Waals surface area contributed by atoms with Crippen LogP contribution in [-0.2, 0) is 13.5 Å². The van der Waals surface area contributed by atoms with Gasteiger partial charge in [-0.25, -0.2) is 9.97 Å². The van der Waals surface area contributed by atoms with Crippen LogP contribution in [0.1, 0.15) is 15.9 Å². The second-order valence-corrected chi connectivity index (χ2v) is 7.66. The molecule has 142 valence electrons. The van der Waals surface area contributed by atoms with Crippen LogP contribution in [0.3, 0.4) is 0 Å². The standard InChI is InChI=1S/C20H18ClN5OS/c1-26-9-8-23-20(26)28-19-16(21)10-14(12-25-19)18(27)22-7-6-13-11-24-17-5-3-2-4-15(13)17/h2-5,8-12,24H,6-7H2,1H3,(H,22,27). The van der Waals surface area contributed by atoms with Crippen molar-refractivity contribution >= 4 is 40.2 Å². The Labute approximate surface area is 171 Å². The van der Waals surface area contributed by atoms with E-state index in [0.29, 0.717) is 22.2 Å². The number of aryl methyl sites for hydroxylation is 1. The fourth-order valence-electron chi connectivity index (χ4n) is 2.91. The van der Waals surface area contributed by atoms with Gasteiger partial charge in [-0.3, -0.25) is 4.79 Å². The number of hydrogen-bond donors (Lipinski definition) is 2. The lowest BCUT2D eigenvalue weighted by atomic mass is 10.1. The summed E-state index contributed by atoms with van der Waals surface area (Å²) < 4.78 is 1.88. The van der Waals surface area contributed by atoms with E-state index in [2.05, 4.69) is 26.3 Å². The molecule has 0 aliphatic heterocycles. The van der Waals surface area contributed by atoms with E-state index in [1.807, 2.05) is 42.2 Å². The van der Waals surface area contributed by atoms with Gasteiger partial charge in [-0.15, -0.1) is 0 Å². The number of carbonyl (C=O) groups excluding carboxylic acids is 1.